The van der Waals surface area contributed by atoms with Crippen molar-refractivity contribution in [1.29, 1.82) is 0 Å². The minimum Gasteiger partial charge on any atom is -0.393 e. The summed E-state index contributed by atoms with van der Waals surface area (Å²) in [4.78, 5) is 11.9. The molecule has 6 heteroatoms. The molecular weight excluding hydrogens is 271 g/mol. The van der Waals surface area contributed by atoms with Gasteiger partial charge in [0.15, 0.2) is 0 Å². The van der Waals surface area contributed by atoms with Crippen molar-refractivity contribution in [3.05, 3.63) is 0 Å². The molecule has 0 aromatic rings. The van der Waals surface area contributed by atoms with E-state index in [1.54, 1.807) is 0 Å². The number of hydrogen-bond acceptors (Lipinski definition) is 2. The summed E-state index contributed by atoms with van der Waals surface area (Å²) in [5, 5.41) is 12.2. The van der Waals surface area contributed by atoms with E-state index in [1.165, 1.54) is 0 Å². The zero-order valence-electron chi connectivity index (χ0n) is 12.0. The molecular formula is C14H24F3NO2. The third-order valence-electron chi connectivity index (χ3n) is 4.02. The normalized spacial score (nSPS) is 25.6. The maximum Gasteiger partial charge on any atom is 0.391 e. The summed E-state index contributed by atoms with van der Waals surface area (Å²) in [5.74, 6) is -2.11. The van der Waals surface area contributed by atoms with E-state index >= 15 is 0 Å². The van der Waals surface area contributed by atoms with Gasteiger partial charge in [-0.3, -0.25) is 4.79 Å². The fourth-order valence-corrected chi connectivity index (χ4v) is 2.55. The van der Waals surface area contributed by atoms with Gasteiger partial charge in [-0.25, -0.2) is 0 Å². The third-order valence-corrected chi connectivity index (χ3v) is 4.02. The maximum atomic E-state index is 12.7. The highest BCUT2D eigenvalue weighted by molar-refractivity contribution is 5.78. The number of rotatable bonds is 5. The maximum absolute atomic E-state index is 12.7. The third kappa shape index (κ3) is 5.31. The van der Waals surface area contributed by atoms with E-state index in [2.05, 4.69) is 5.32 Å². The Hall–Kier alpha value is -0.780. The zero-order valence-corrected chi connectivity index (χ0v) is 12.0. The molecule has 0 heterocycles. The molecule has 3 unspecified atom stereocenters. The molecule has 0 saturated heterocycles. The van der Waals surface area contributed by atoms with Crippen LogP contribution in [0.5, 0.6) is 0 Å². The number of aliphatic hydroxyl groups excluding tert-OH is 1. The van der Waals surface area contributed by atoms with Gasteiger partial charge in [-0.1, -0.05) is 20.3 Å². The minimum atomic E-state index is -4.20. The summed E-state index contributed by atoms with van der Waals surface area (Å²) in [5.41, 5.74) is 0. The van der Waals surface area contributed by atoms with E-state index in [9.17, 15) is 23.1 Å². The molecule has 1 fully saturated rings. The number of aliphatic hydroxyl groups is 1. The highest BCUT2D eigenvalue weighted by atomic mass is 19.4. The Bertz CT molecular complexity index is 318. The van der Waals surface area contributed by atoms with Crippen molar-refractivity contribution in [3.63, 3.8) is 0 Å². The molecule has 20 heavy (non-hydrogen) atoms. The lowest BCUT2D eigenvalue weighted by Crippen LogP contribution is -2.38. The fourth-order valence-electron chi connectivity index (χ4n) is 2.55. The molecule has 0 spiro atoms. The summed E-state index contributed by atoms with van der Waals surface area (Å²) in [6.45, 7) is 4.06. The van der Waals surface area contributed by atoms with Crippen LogP contribution in [0.1, 0.15) is 46.0 Å². The van der Waals surface area contributed by atoms with Gasteiger partial charge in [-0.2, -0.15) is 13.2 Å². The van der Waals surface area contributed by atoms with E-state index in [-0.39, 0.29) is 24.7 Å². The summed E-state index contributed by atoms with van der Waals surface area (Å²) < 4.78 is 38.0. The second-order valence-corrected chi connectivity index (χ2v) is 5.99. The Kier molecular flexibility index (Phi) is 6.30. The van der Waals surface area contributed by atoms with Crippen LogP contribution < -0.4 is 5.32 Å². The van der Waals surface area contributed by atoms with Gasteiger partial charge < -0.3 is 10.4 Å². The van der Waals surface area contributed by atoms with Gasteiger partial charge >= 0.3 is 6.18 Å². The average Bonchev–Trinajstić information content (AvgIpc) is 2.37. The number of amides is 1. The molecule has 2 N–H and O–H groups in total. The minimum absolute atomic E-state index is 0.108. The van der Waals surface area contributed by atoms with Crippen molar-refractivity contribution in [1.82, 2.24) is 5.32 Å². The van der Waals surface area contributed by atoms with E-state index in [0.29, 0.717) is 25.8 Å². The van der Waals surface area contributed by atoms with Crippen molar-refractivity contribution >= 4 is 5.91 Å². The molecule has 0 bridgehead atoms. The molecule has 1 saturated carbocycles. The molecule has 0 radical (unpaired) electrons. The van der Waals surface area contributed by atoms with Crippen LogP contribution in [-0.2, 0) is 4.79 Å². The first-order valence-corrected chi connectivity index (χ1v) is 7.24. The first kappa shape index (κ1) is 17.3. The van der Waals surface area contributed by atoms with Gasteiger partial charge in [0.1, 0.15) is 0 Å². The molecule has 0 aromatic heterocycles. The standard InChI is InChI=1S/C14H24F3NO2/c1-9(2)12(19)6-7-18-13(20)10-4-3-5-11(8-10)14(15,16)17/h9-12,19H,3-8H2,1-2H3,(H,18,20). The molecule has 3 atom stereocenters. The monoisotopic (exact) mass is 295 g/mol. The average molecular weight is 295 g/mol. The number of nitrogens with one attached hydrogen (secondary N) is 1. The van der Waals surface area contributed by atoms with Crippen LogP contribution in [0.25, 0.3) is 0 Å². The van der Waals surface area contributed by atoms with E-state index in [4.69, 9.17) is 0 Å². The Morgan fingerprint density at radius 2 is 2.00 bits per heavy atom. The van der Waals surface area contributed by atoms with Gasteiger partial charge in [0.2, 0.25) is 5.91 Å². The van der Waals surface area contributed by atoms with Crippen molar-refractivity contribution in [2.45, 2.75) is 58.2 Å². The van der Waals surface area contributed by atoms with Gasteiger partial charge in [0, 0.05) is 12.5 Å². The summed E-state index contributed by atoms with van der Waals surface area (Å²) in [6, 6.07) is 0. The van der Waals surface area contributed by atoms with Crippen molar-refractivity contribution in [2.24, 2.45) is 17.8 Å². The lowest BCUT2D eigenvalue weighted by molar-refractivity contribution is -0.186. The molecule has 1 aliphatic carbocycles. The van der Waals surface area contributed by atoms with Crippen LogP contribution in [0.4, 0.5) is 13.2 Å². The second kappa shape index (κ2) is 7.29. The second-order valence-electron chi connectivity index (χ2n) is 5.99. The van der Waals surface area contributed by atoms with Crippen molar-refractivity contribution in [3.8, 4) is 0 Å². The van der Waals surface area contributed by atoms with Crippen molar-refractivity contribution < 1.29 is 23.1 Å². The number of carbonyl (C=O) groups excluding carboxylic acids is 1. The predicted molar refractivity (Wildman–Crippen MR) is 70.0 cm³/mol. The topological polar surface area (TPSA) is 49.3 Å². The van der Waals surface area contributed by atoms with Crippen LogP contribution in [0, 0.1) is 17.8 Å². The molecule has 1 amide bonds. The van der Waals surface area contributed by atoms with Gasteiger partial charge in [0.05, 0.1) is 12.0 Å². The number of hydrogen-bond donors (Lipinski definition) is 2. The smallest absolute Gasteiger partial charge is 0.391 e. The molecule has 3 nitrogen and oxygen atoms in total. The van der Waals surface area contributed by atoms with Crippen LogP contribution in [0.3, 0.4) is 0 Å². The Balaban J connectivity index is 2.36. The summed E-state index contributed by atoms with van der Waals surface area (Å²) >= 11 is 0. The summed E-state index contributed by atoms with van der Waals surface area (Å²) in [6.07, 6.45) is -3.29. The molecule has 1 rings (SSSR count). The van der Waals surface area contributed by atoms with E-state index in [1.807, 2.05) is 13.8 Å². The molecule has 1 aliphatic rings. The predicted octanol–water partition coefficient (Wildman–Crippen LogP) is 2.88. The van der Waals surface area contributed by atoms with E-state index in [0.717, 1.165) is 0 Å². The van der Waals surface area contributed by atoms with Gasteiger partial charge in [-0.15, -0.1) is 0 Å². The molecule has 0 aliphatic heterocycles. The van der Waals surface area contributed by atoms with Crippen molar-refractivity contribution in [2.75, 3.05) is 6.54 Å². The fraction of sp³-hybridized carbons (Fsp3) is 0.929. The SMILES string of the molecule is CC(C)C(O)CCNC(=O)C1CCCC(C(F)(F)F)C1. The largest absolute Gasteiger partial charge is 0.393 e. The lowest BCUT2D eigenvalue weighted by Gasteiger charge is -2.29. The lowest BCUT2D eigenvalue weighted by atomic mass is 9.80. The Labute approximate surface area is 117 Å². The van der Waals surface area contributed by atoms with E-state index < -0.39 is 24.1 Å². The van der Waals surface area contributed by atoms with Gasteiger partial charge in [-0.05, 0) is 31.6 Å². The number of carbonyl (C=O) groups is 1. The Morgan fingerprint density at radius 1 is 1.35 bits per heavy atom. The quantitative estimate of drug-likeness (QED) is 0.819. The highest BCUT2D eigenvalue weighted by Crippen LogP contribution is 2.39. The number of alkyl halides is 3. The summed E-state index contributed by atoms with van der Waals surface area (Å²) in [7, 11) is 0. The first-order chi connectivity index (χ1) is 9.21. The van der Waals surface area contributed by atoms with Crippen LogP contribution in [-0.4, -0.2) is 29.8 Å². The van der Waals surface area contributed by atoms with Gasteiger partial charge in [0.25, 0.3) is 0 Å². The number of halogens is 3. The Morgan fingerprint density at radius 3 is 2.55 bits per heavy atom. The highest BCUT2D eigenvalue weighted by Gasteiger charge is 2.43. The first-order valence-electron chi connectivity index (χ1n) is 7.24. The zero-order chi connectivity index (χ0) is 15.3. The molecule has 118 valence electrons. The van der Waals surface area contributed by atoms with Crippen LogP contribution >= 0.6 is 0 Å². The van der Waals surface area contributed by atoms with Crippen LogP contribution in [0.2, 0.25) is 0 Å². The van der Waals surface area contributed by atoms with Crippen LogP contribution in [0.15, 0.2) is 0 Å². The molecule has 0 aromatic carbocycles.